The summed E-state index contributed by atoms with van der Waals surface area (Å²) in [4.78, 5) is 11.2. The third kappa shape index (κ3) is 2.61. The van der Waals surface area contributed by atoms with Gasteiger partial charge in [-0.15, -0.1) is 11.3 Å². The normalized spacial score (nSPS) is 11.1. The number of fused-ring (bicyclic) bond motifs is 1. The maximum atomic E-state index is 10.9. The Balaban J connectivity index is 2.53. The van der Waals surface area contributed by atoms with Crippen molar-refractivity contribution < 1.29 is 14.6 Å². The molecule has 0 saturated heterocycles. The van der Waals surface area contributed by atoms with Gasteiger partial charge >= 0.3 is 5.97 Å². The fraction of sp³-hybridized carbons (Fsp3) is 0.250. The van der Waals surface area contributed by atoms with Gasteiger partial charge in [0.25, 0.3) is 0 Å². The number of carboxylic acid groups (broad SMARTS) is 1. The number of aromatic carboxylic acids is 1. The summed E-state index contributed by atoms with van der Waals surface area (Å²) in [6, 6.07) is 5.41. The summed E-state index contributed by atoms with van der Waals surface area (Å²) < 4.78 is 7.37. The average Bonchev–Trinajstić information content (AvgIpc) is 2.60. The Kier molecular flexibility index (Phi) is 3.40. The van der Waals surface area contributed by atoms with Crippen molar-refractivity contribution in [3.05, 3.63) is 27.5 Å². The Morgan fingerprint density at radius 1 is 1.41 bits per heavy atom. The minimum Gasteiger partial charge on any atom is -0.491 e. The second-order valence-electron chi connectivity index (χ2n) is 3.90. The number of thiophene rings is 1. The van der Waals surface area contributed by atoms with E-state index in [1.165, 1.54) is 11.3 Å². The van der Waals surface area contributed by atoms with Crippen LogP contribution in [0.1, 0.15) is 23.5 Å². The minimum absolute atomic E-state index is 0.0956. The Bertz CT molecular complexity index is 574. The van der Waals surface area contributed by atoms with Crippen LogP contribution in [0.25, 0.3) is 10.1 Å². The Morgan fingerprint density at radius 3 is 2.71 bits per heavy atom. The van der Waals surface area contributed by atoms with Gasteiger partial charge in [0.15, 0.2) is 0 Å². The van der Waals surface area contributed by atoms with E-state index in [2.05, 4.69) is 15.9 Å². The summed E-state index contributed by atoms with van der Waals surface area (Å²) in [6.45, 7) is 3.91. The van der Waals surface area contributed by atoms with E-state index in [-0.39, 0.29) is 6.10 Å². The zero-order valence-corrected chi connectivity index (χ0v) is 11.8. The van der Waals surface area contributed by atoms with Crippen molar-refractivity contribution >= 4 is 43.3 Å². The first-order valence-corrected chi connectivity index (χ1v) is 6.71. The smallest absolute Gasteiger partial charge is 0.345 e. The maximum Gasteiger partial charge on any atom is 0.345 e. The lowest BCUT2D eigenvalue weighted by molar-refractivity contribution is 0.0702. The van der Waals surface area contributed by atoms with E-state index in [1.807, 2.05) is 26.0 Å². The van der Waals surface area contributed by atoms with E-state index in [1.54, 1.807) is 6.07 Å². The van der Waals surface area contributed by atoms with Gasteiger partial charge in [-0.2, -0.15) is 0 Å². The van der Waals surface area contributed by atoms with Crippen LogP contribution >= 0.6 is 27.3 Å². The highest BCUT2D eigenvalue weighted by Crippen LogP contribution is 2.35. The first-order valence-electron chi connectivity index (χ1n) is 5.10. The molecule has 0 radical (unpaired) electrons. The molecule has 3 nitrogen and oxygen atoms in total. The number of hydrogen-bond donors (Lipinski definition) is 1. The maximum absolute atomic E-state index is 10.9. The van der Waals surface area contributed by atoms with E-state index in [0.717, 1.165) is 20.3 Å². The van der Waals surface area contributed by atoms with Crippen LogP contribution in [-0.2, 0) is 0 Å². The molecule has 0 aliphatic heterocycles. The summed E-state index contributed by atoms with van der Waals surface area (Å²) in [5.74, 6) is -0.150. The van der Waals surface area contributed by atoms with Gasteiger partial charge in [0.1, 0.15) is 10.6 Å². The molecule has 0 aliphatic carbocycles. The Morgan fingerprint density at radius 2 is 2.12 bits per heavy atom. The van der Waals surface area contributed by atoms with Crippen molar-refractivity contribution in [3.63, 3.8) is 0 Å². The van der Waals surface area contributed by atoms with E-state index >= 15 is 0 Å². The topological polar surface area (TPSA) is 46.5 Å². The number of hydrogen-bond acceptors (Lipinski definition) is 3. The number of carboxylic acids is 1. The van der Waals surface area contributed by atoms with Gasteiger partial charge in [0.2, 0.25) is 0 Å². The summed E-state index contributed by atoms with van der Waals surface area (Å²) in [5, 5.41) is 9.86. The van der Waals surface area contributed by atoms with Crippen molar-refractivity contribution in [2.45, 2.75) is 20.0 Å². The molecule has 1 aromatic carbocycles. The van der Waals surface area contributed by atoms with Gasteiger partial charge in [-0.3, -0.25) is 0 Å². The lowest BCUT2D eigenvalue weighted by Gasteiger charge is -2.10. The summed E-state index contributed by atoms with van der Waals surface area (Å²) in [7, 11) is 0. The Hall–Kier alpha value is -1.07. The Labute approximate surface area is 111 Å². The quantitative estimate of drug-likeness (QED) is 0.925. The molecule has 17 heavy (non-hydrogen) atoms. The van der Waals surface area contributed by atoms with E-state index in [0.29, 0.717) is 4.88 Å². The first kappa shape index (κ1) is 12.4. The summed E-state index contributed by atoms with van der Waals surface area (Å²) in [5.41, 5.74) is 0. The van der Waals surface area contributed by atoms with Crippen molar-refractivity contribution in [2.75, 3.05) is 0 Å². The number of carbonyl (C=O) groups is 1. The molecule has 2 aromatic rings. The third-order valence-corrected chi connectivity index (χ3v) is 3.87. The van der Waals surface area contributed by atoms with Gasteiger partial charge < -0.3 is 9.84 Å². The van der Waals surface area contributed by atoms with Crippen LogP contribution in [0.2, 0.25) is 0 Å². The molecule has 0 spiro atoms. The fourth-order valence-electron chi connectivity index (χ4n) is 1.52. The van der Waals surface area contributed by atoms with Gasteiger partial charge in [0.05, 0.1) is 6.10 Å². The SMILES string of the molecule is CC(C)Oc1cc(Br)c2cc(C(=O)O)sc2c1. The fourth-order valence-corrected chi connectivity index (χ4v) is 3.16. The lowest BCUT2D eigenvalue weighted by Crippen LogP contribution is -2.05. The molecule has 0 saturated carbocycles. The molecule has 5 heteroatoms. The molecule has 0 fully saturated rings. The molecule has 90 valence electrons. The highest BCUT2D eigenvalue weighted by atomic mass is 79.9. The van der Waals surface area contributed by atoms with Gasteiger partial charge in [-0.05, 0) is 48.0 Å². The second kappa shape index (κ2) is 4.66. The monoisotopic (exact) mass is 314 g/mol. The zero-order chi connectivity index (χ0) is 12.6. The highest BCUT2D eigenvalue weighted by Gasteiger charge is 2.12. The van der Waals surface area contributed by atoms with Crippen LogP contribution in [0.15, 0.2) is 22.7 Å². The molecule has 0 unspecified atom stereocenters. The highest BCUT2D eigenvalue weighted by molar-refractivity contribution is 9.10. The van der Waals surface area contributed by atoms with Crippen molar-refractivity contribution in [3.8, 4) is 5.75 Å². The van der Waals surface area contributed by atoms with Crippen LogP contribution in [0.3, 0.4) is 0 Å². The predicted molar refractivity (Wildman–Crippen MR) is 72.2 cm³/mol. The molecule has 0 amide bonds. The van der Waals surface area contributed by atoms with Gasteiger partial charge in [-0.25, -0.2) is 4.79 Å². The molecule has 0 bridgehead atoms. The molecule has 1 heterocycles. The lowest BCUT2D eigenvalue weighted by atomic mass is 10.2. The number of rotatable bonds is 3. The molecule has 2 rings (SSSR count). The number of ether oxygens (including phenoxy) is 1. The van der Waals surface area contributed by atoms with Crippen molar-refractivity contribution in [2.24, 2.45) is 0 Å². The number of benzene rings is 1. The van der Waals surface area contributed by atoms with Gasteiger partial charge in [0, 0.05) is 14.6 Å². The predicted octanol–water partition coefficient (Wildman–Crippen LogP) is 4.15. The standard InChI is InChI=1S/C12H11BrO3S/c1-6(2)16-7-3-9(13)8-5-11(12(14)15)17-10(8)4-7/h3-6H,1-2H3,(H,14,15). The first-order chi connectivity index (χ1) is 7.97. The third-order valence-electron chi connectivity index (χ3n) is 2.14. The molecular weight excluding hydrogens is 304 g/mol. The van der Waals surface area contributed by atoms with Crippen LogP contribution in [0.5, 0.6) is 5.75 Å². The zero-order valence-electron chi connectivity index (χ0n) is 9.36. The van der Waals surface area contributed by atoms with E-state index in [9.17, 15) is 4.79 Å². The van der Waals surface area contributed by atoms with Crippen molar-refractivity contribution in [1.82, 2.24) is 0 Å². The summed E-state index contributed by atoms with van der Waals surface area (Å²) >= 11 is 4.69. The largest absolute Gasteiger partial charge is 0.491 e. The minimum atomic E-state index is -0.899. The molecular formula is C12H11BrO3S. The van der Waals surface area contributed by atoms with E-state index < -0.39 is 5.97 Å². The molecule has 0 atom stereocenters. The molecule has 1 aromatic heterocycles. The van der Waals surface area contributed by atoms with Crippen LogP contribution in [-0.4, -0.2) is 17.2 Å². The number of halogens is 1. The molecule has 0 aliphatic rings. The van der Waals surface area contributed by atoms with E-state index in [4.69, 9.17) is 9.84 Å². The van der Waals surface area contributed by atoms with Crippen LogP contribution in [0.4, 0.5) is 0 Å². The van der Waals surface area contributed by atoms with Gasteiger partial charge in [-0.1, -0.05) is 0 Å². The average molecular weight is 315 g/mol. The molecule has 1 N–H and O–H groups in total. The van der Waals surface area contributed by atoms with Crippen LogP contribution < -0.4 is 4.74 Å². The van der Waals surface area contributed by atoms with Crippen LogP contribution in [0, 0.1) is 0 Å². The van der Waals surface area contributed by atoms with Crippen molar-refractivity contribution in [1.29, 1.82) is 0 Å². The second-order valence-corrected chi connectivity index (χ2v) is 5.84. The summed E-state index contributed by atoms with van der Waals surface area (Å²) in [6.07, 6.45) is 0.0956.